The van der Waals surface area contributed by atoms with E-state index >= 15 is 0 Å². The van der Waals surface area contributed by atoms with E-state index < -0.39 is 0 Å². The summed E-state index contributed by atoms with van der Waals surface area (Å²) >= 11 is 0. The average Bonchev–Trinajstić information content (AvgIpc) is 2.75. The van der Waals surface area contributed by atoms with Crippen LogP contribution in [0.2, 0.25) is 0 Å². The van der Waals surface area contributed by atoms with Crippen molar-refractivity contribution >= 4 is 24.8 Å². The third-order valence-corrected chi connectivity index (χ3v) is 2.49. The molecule has 0 spiro atoms. The molecule has 0 amide bonds. The first-order chi connectivity index (χ1) is 6.27. The predicted octanol–water partition coefficient (Wildman–Crippen LogP) is 3.07. The van der Waals surface area contributed by atoms with Gasteiger partial charge in [0, 0.05) is 0 Å². The van der Waals surface area contributed by atoms with Gasteiger partial charge in [-0.2, -0.15) is 0 Å². The number of aromatic nitrogens is 1. The fourth-order valence-electron chi connectivity index (χ4n) is 1.62. The molecule has 1 aliphatic rings. The molecule has 1 saturated heterocycles. The van der Waals surface area contributed by atoms with Crippen molar-refractivity contribution in [2.75, 3.05) is 6.54 Å². The molecule has 0 radical (unpaired) electrons. The van der Waals surface area contributed by atoms with Gasteiger partial charge in [-0.1, -0.05) is 13.8 Å². The molecular weight excluding hydrogens is 235 g/mol. The molecule has 1 aromatic heterocycles. The Hall–Kier alpha value is -0.250. The molecule has 88 valence electrons. The maximum absolute atomic E-state index is 5.44. The molecule has 1 aliphatic heterocycles. The van der Waals surface area contributed by atoms with E-state index in [1.807, 2.05) is 0 Å². The minimum atomic E-state index is 0. The van der Waals surface area contributed by atoms with E-state index in [1.54, 1.807) is 6.26 Å². The van der Waals surface area contributed by atoms with Crippen LogP contribution in [-0.4, -0.2) is 11.5 Å². The normalized spacial score (nSPS) is 19.8. The van der Waals surface area contributed by atoms with Crippen molar-refractivity contribution < 1.29 is 4.42 Å². The third kappa shape index (κ3) is 3.37. The Balaban J connectivity index is 0.000000980. The Labute approximate surface area is 103 Å². The topological polar surface area (TPSA) is 38.1 Å². The average molecular weight is 253 g/mol. The zero-order valence-corrected chi connectivity index (χ0v) is 10.7. The first-order valence-electron chi connectivity index (χ1n) is 4.96. The summed E-state index contributed by atoms with van der Waals surface area (Å²) in [6.07, 6.45) is 4.15. The van der Waals surface area contributed by atoms with Gasteiger partial charge in [0.05, 0.1) is 11.7 Å². The van der Waals surface area contributed by atoms with Gasteiger partial charge in [-0.3, -0.25) is 0 Å². The first kappa shape index (κ1) is 14.8. The summed E-state index contributed by atoms with van der Waals surface area (Å²) in [5, 5.41) is 3.37. The van der Waals surface area contributed by atoms with Crippen LogP contribution >= 0.6 is 24.8 Å². The Morgan fingerprint density at radius 3 is 2.67 bits per heavy atom. The molecule has 2 rings (SSSR count). The molecule has 1 N–H and O–H groups in total. The summed E-state index contributed by atoms with van der Waals surface area (Å²) in [7, 11) is 0. The monoisotopic (exact) mass is 252 g/mol. The van der Waals surface area contributed by atoms with Gasteiger partial charge < -0.3 is 9.73 Å². The van der Waals surface area contributed by atoms with Gasteiger partial charge in [0.25, 0.3) is 0 Å². The zero-order valence-electron chi connectivity index (χ0n) is 9.03. The summed E-state index contributed by atoms with van der Waals surface area (Å²) in [6.45, 7) is 5.34. The fraction of sp³-hybridized carbons (Fsp3) is 0.700. The van der Waals surface area contributed by atoms with Crippen LogP contribution in [0.15, 0.2) is 10.7 Å². The van der Waals surface area contributed by atoms with Crippen LogP contribution in [0.1, 0.15) is 50.2 Å². The second-order valence-electron chi connectivity index (χ2n) is 3.91. The van der Waals surface area contributed by atoms with Crippen LogP contribution in [0.5, 0.6) is 0 Å². The van der Waals surface area contributed by atoms with Crippen LogP contribution in [-0.2, 0) is 0 Å². The lowest BCUT2D eigenvalue weighted by Gasteiger charge is -2.03. The molecule has 2 heterocycles. The zero-order chi connectivity index (χ0) is 9.26. The second kappa shape index (κ2) is 6.36. The van der Waals surface area contributed by atoms with E-state index in [9.17, 15) is 0 Å². The highest BCUT2D eigenvalue weighted by molar-refractivity contribution is 5.85. The highest BCUT2D eigenvalue weighted by Gasteiger charge is 2.21. The molecule has 0 saturated carbocycles. The number of rotatable bonds is 2. The van der Waals surface area contributed by atoms with Crippen LogP contribution in [0.3, 0.4) is 0 Å². The summed E-state index contributed by atoms with van der Waals surface area (Å²) in [5.74, 6) is 1.32. The van der Waals surface area contributed by atoms with Gasteiger partial charge in [-0.15, -0.1) is 24.8 Å². The largest absolute Gasteiger partial charge is 0.447 e. The van der Waals surface area contributed by atoms with Gasteiger partial charge in [-0.05, 0) is 25.3 Å². The van der Waals surface area contributed by atoms with E-state index in [0.29, 0.717) is 12.0 Å². The third-order valence-electron chi connectivity index (χ3n) is 2.49. The van der Waals surface area contributed by atoms with Crippen molar-refractivity contribution in [1.82, 2.24) is 10.3 Å². The number of nitrogens with zero attached hydrogens (tertiary/aromatic N) is 1. The Bertz CT molecular complexity index is 283. The lowest BCUT2D eigenvalue weighted by atomic mass is 10.1. The molecule has 1 atom stereocenters. The van der Waals surface area contributed by atoms with Crippen LogP contribution in [0, 0.1) is 0 Å². The standard InChI is InChI=1S/C10H16N2O.2ClH/c1-7(2)9-6-13-10(12-9)8-4-3-5-11-8;;/h6-8,11H,3-5H2,1-2H3;2*1H/t8-;;/m0../s1. The molecule has 3 nitrogen and oxygen atoms in total. The SMILES string of the molecule is CC(C)c1coc([C@@H]2CCCN2)n1.Cl.Cl. The lowest BCUT2D eigenvalue weighted by molar-refractivity contribution is 0.429. The van der Waals surface area contributed by atoms with E-state index in [0.717, 1.165) is 24.6 Å². The molecule has 5 heteroatoms. The van der Waals surface area contributed by atoms with Crippen molar-refractivity contribution in [3.05, 3.63) is 17.8 Å². The van der Waals surface area contributed by atoms with Crippen molar-refractivity contribution in [3.63, 3.8) is 0 Å². The van der Waals surface area contributed by atoms with Gasteiger partial charge in [0.15, 0.2) is 0 Å². The molecular formula is C10H18Cl2N2O. The van der Waals surface area contributed by atoms with Crippen LogP contribution in [0.4, 0.5) is 0 Å². The smallest absolute Gasteiger partial charge is 0.211 e. The maximum atomic E-state index is 5.44. The quantitative estimate of drug-likeness (QED) is 0.880. The Morgan fingerprint density at radius 1 is 1.47 bits per heavy atom. The lowest BCUT2D eigenvalue weighted by Crippen LogP contribution is -2.13. The fourth-order valence-corrected chi connectivity index (χ4v) is 1.62. The Morgan fingerprint density at radius 2 is 2.20 bits per heavy atom. The number of hydrogen-bond donors (Lipinski definition) is 1. The van der Waals surface area contributed by atoms with E-state index in [1.165, 1.54) is 6.42 Å². The minimum Gasteiger partial charge on any atom is -0.447 e. The van der Waals surface area contributed by atoms with Gasteiger partial charge in [-0.25, -0.2) is 4.98 Å². The molecule has 1 aromatic rings. The molecule has 0 bridgehead atoms. The van der Waals surface area contributed by atoms with Crippen LogP contribution in [0.25, 0.3) is 0 Å². The summed E-state index contributed by atoms with van der Waals surface area (Å²) in [4.78, 5) is 4.46. The molecule has 0 aromatic carbocycles. The number of hydrogen-bond acceptors (Lipinski definition) is 3. The number of nitrogens with one attached hydrogen (secondary N) is 1. The van der Waals surface area contributed by atoms with E-state index in [-0.39, 0.29) is 24.8 Å². The number of halogens is 2. The molecule has 15 heavy (non-hydrogen) atoms. The van der Waals surface area contributed by atoms with Gasteiger partial charge in [0.2, 0.25) is 5.89 Å². The number of oxazole rings is 1. The highest BCUT2D eigenvalue weighted by Crippen LogP contribution is 2.24. The van der Waals surface area contributed by atoms with Gasteiger partial charge >= 0.3 is 0 Å². The van der Waals surface area contributed by atoms with Crippen molar-refractivity contribution in [3.8, 4) is 0 Å². The Kier molecular flexibility index (Phi) is 6.25. The summed E-state index contributed by atoms with van der Waals surface area (Å²) in [6, 6.07) is 0.354. The molecule has 0 aliphatic carbocycles. The first-order valence-corrected chi connectivity index (χ1v) is 4.96. The second-order valence-corrected chi connectivity index (χ2v) is 3.91. The van der Waals surface area contributed by atoms with Crippen LogP contribution < -0.4 is 5.32 Å². The predicted molar refractivity (Wildman–Crippen MR) is 65.1 cm³/mol. The molecule has 0 unspecified atom stereocenters. The van der Waals surface area contributed by atoms with Gasteiger partial charge in [0.1, 0.15) is 6.26 Å². The summed E-state index contributed by atoms with van der Waals surface area (Å²) in [5.41, 5.74) is 1.06. The van der Waals surface area contributed by atoms with E-state index in [4.69, 9.17) is 4.42 Å². The van der Waals surface area contributed by atoms with Crippen molar-refractivity contribution in [2.45, 2.75) is 38.6 Å². The maximum Gasteiger partial charge on any atom is 0.211 e. The van der Waals surface area contributed by atoms with Crippen molar-refractivity contribution in [1.29, 1.82) is 0 Å². The molecule has 1 fully saturated rings. The summed E-state index contributed by atoms with van der Waals surface area (Å²) < 4.78 is 5.44. The highest BCUT2D eigenvalue weighted by atomic mass is 35.5. The van der Waals surface area contributed by atoms with E-state index in [2.05, 4.69) is 24.1 Å². The van der Waals surface area contributed by atoms with Crippen molar-refractivity contribution in [2.24, 2.45) is 0 Å². The minimum absolute atomic E-state index is 0.